The second-order valence-corrected chi connectivity index (χ2v) is 2.66. The Bertz CT molecular complexity index is 438. The molecular formula is C8H5F4N3O. The summed E-state index contributed by atoms with van der Waals surface area (Å²) in [4.78, 5) is 3.31. The molecule has 4 nitrogen and oxygen atoms in total. The van der Waals surface area contributed by atoms with Crippen LogP contribution in [0.25, 0.3) is 0 Å². The zero-order valence-corrected chi connectivity index (χ0v) is 7.68. The Kier molecular flexibility index (Phi) is 3.17. The molecule has 1 aromatic heterocycles. The van der Waals surface area contributed by atoms with Gasteiger partial charge in [-0.05, 0) is 0 Å². The van der Waals surface area contributed by atoms with Gasteiger partial charge in [0.25, 0.3) is 0 Å². The maximum atomic E-state index is 12.4. The quantitative estimate of drug-likeness (QED) is 0.794. The van der Waals surface area contributed by atoms with Crippen LogP contribution >= 0.6 is 0 Å². The fraction of sp³-hybridized carbons (Fsp3) is 0.250. The lowest BCUT2D eigenvalue weighted by molar-refractivity contribution is -0.274. The molecule has 0 aromatic carbocycles. The number of nitrogens with two attached hydrogens (primary N) is 1. The Morgan fingerprint density at radius 1 is 1.50 bits per heavy atom. The van der Waals surface area contributed by atoms with E-state index in [1.54, 1.807) is 0 Å². The maximum absolute atomic E-state index is 12.4. The average molecular weight is 235 g/mol. The molecule has 0 radical (unpaired) electrons. The van der Waals surface area contributed by atoms with E-state index < -0.39 is 30.0 Å². The molecule has 1 aromatic rings. The van der Waals surface area contributed by atoms with Gasteiger partial charge in [0.05, 0.1) is 11.9 Å². The van der Waals surface area contributed by atoms with Crippen LogP contribution in [0.3, 0.4) is 0 Å². The van der Waals surface area contributed by atoms with Gasteiger partial charge < -0.3 is 10.5 Å². The summed E-state index contributed by atoms with van der Waals surface area (Å²) in [6, 6.07) is 1.51. The van der Waals surface area contributed by atoms with E-state index in [-0.39, 0.29) is 5.69 Å². The number of nitriles is 1. The van der Waals surface area contributed by atoms with Crippen molar-refractivity contribution in [3.8, 4) is 11.8 Å². The van der Waals surface area contributed by atoms with Crippen molar-refractivity contribution in [1.82, 2.24) is 4.98 Å². The van der Waals surface area contributed by atoms with E-state index in [0.717, 1.165) is 0 Å². The second-order valence-electron chi connectivity index (χ2n) is 2.66. The fourth-order valence-corrected chi connectivity index (χ4v) is 0.985. The van der Waals surface area contributed by atoms with Crippen LogP contribution in [0, 0.1) is 11.3 Å². The zero-order valence-electron chi connectivity index (χ0n) is 7.68. The Hall–Kier alpha value is -2.04. The van der Waals surface area contributed by atoms with Crippen LogP contribution in [0.2, 0.25) is 0 Å². The summed E-state index contributed by atoms with van der Waals surface area (Å²) in [5.74, 6) is -0.820. The Morgan fingerprint density at radius 2 is 2.12 bits per heavy atom. The number of pyridine rings is 1. The molecule has 8 heteroatoms. The Balaban J connectivity index is 3.20. The van der Waals surface area contributed by atoms with Crippen LogP contribution in [0.1, 0.15) is 11.3 Å². The Morgan fingerprint density at radius 3 is 2.56 bits per heavy atom. The summed E-state index contributed by atoms with van der Waals surface area (Å²) in [5, 5.41) is 8.50. The predicted octanol–water partition coefficient (Wildman–Crippen LogP) is 1.90. The zero-order chi connectivity index (χ0) is 12.3. The number of hydrogen-bond donors (Lipinski definition) is 1. The molecule has 0 aliphatic rings. The van der Waals surface area contributed by atoms with E-state index in [4.69, 9.17) is 11.0 Å². The number of nitrogen functional groups attached to an aromatic ring is 1. The summed E-state index contributed by atoms with van der Waals surface area (Å²) in [5.41, 5.74) is 3.86. The van der Waals surface area contributed by atoms with E-state index in [1.807, 2.05) is 0 Å². The summed E-state index contributed by atoms with van der Waals surface area (Å²) in [6.45, 7) is -1.20. The van der Waals surface area contributed by atoms with Crippen LogP contribution < -0.4 is 10.5 Å². The van der Waals surface area contributed by atoms with Crippen molar-refractivity contribution in [3.63, 3.8) is 0 Å². The third-order valence-electron chi connectivity index (χ3n) is 1.65. The molecule has 0 unspecified atom stereocenters. The first-order valence-electron chi connectivity index (χ1n) is 3.88. The number of ether oxygens (including phenoxy) is 1. The van der Waals surface area contributed by atoms with Gasteiger partial charge in [-0.15, -0.1) is 13.2 Å². The molecular weight excluding hydrogens is 230 g/mol. The van der Waals surface area contributed by atoms with Crippen molar-refractivity contribution >= 4 is 5.69 Å². The molecule has 1 heterocycles. The highest BCUT2D eigenvalue weighted by Gasteiger charge is 2.32. The number of rotatable bonds is 2. The molecule has 0 amide bonds. The minimum absolute atomic E-state index is 0.366. The van der Waals surface area contributed by atoms with Gasteiger partial charge in [0, 0.05) is 5.56 Å². The first-order chi connectivity index (χ1) is 7.39. The molecule has 0 saturated heterocycles. The number of halogens is 4. The molecule has 2 N–H and O–H groups in total. The molecule has 0 aliphatic carbocycles. The largest absolute Gasteiger partial charge is 0.573 e. The normalized spacial score (nSPS) is 10.9. The summed E-state index contributed by atoms with van der Waals surface area (Å²) < 4.78 is 51.6. The van der Waals surface area contributed by atoms with E-state index in [1.165, 1.54) is 6.07 Å². The van der Waals surface area contributed by atoms with Crippen molar-refractivity contribution in [2.45, 2.75) is 13.0 Å². The van der Waals surface area contributed by atoms with Crippen LogP contribution in [0.15, 0.2) is 6.20 Å². The van der Waals surface area contributed by atoms with Crippen molar-refractivity contribution in [2.75, 3.05) is 5.73 Å². The van der Waals surface area contributed by atoms with Gasteiger partial charge in [-0.2, -0.15) is 5.26 Å². The van der Waals surface area contributed by atoms with Gasteiger partial charge in [0.1, 0.15) is 18.4 Å². The number of anilines is 1. The van der Waals surface area contributed by atoms with Crippen molar-refractivity contribution in [2.24, 2.45) is 0 Å². The Labute approximate surface area is 87.3 Å². The van der Waals surface area contributed by atoms with Crippen LogP contribution in [-0.4, -0.2) is 11.3 Å². The minimum atomic E-state index is -4.95. The lowest BCUT2D eigenvalue weighted by Gasteiger charge is -2.12. The monoisotopic (exact) mass is 235 g/mol. The van der Waals surface area contributed by atoms with Gasteiger partial charge in [0.15, 0.2) is 5.75 Å². The van der Waals surface area contributed by atoms with Gasteiger partial charge in [0.2, 0.25) is 0 Å². The lowest BCUT2D eigenvalue weighted by Crippen LogP contribution is -2.19. The van der Waals surface area contributed by atoms with E-state index >= 15 is 0 Å². The van der Waals surface area contributed by atoms with Crippen molar-refractivity contribution in [1.29, 1.82) is 5.26 Å². The summed E-state index contributed by atoms with van der Waals surface area (Å²) in [6.07, 6.45) is -4.32. The standard InChI is InChI=1S/C8H5F4N3O/c9-1-4-5(2-13)15-3-6(7(4)14)16-8(10,11)12/h3H,1H2,(H2,14,15). The van der Waals surface area contributed by atoms with Gasteiger partial charge >= 0.3 is 6.36 Å². The maximum Gasteiger partial charge on any atom is 0.573 e. The smallest absolute Gasteiger partial charge is 0.402 e. The molecule has 0 spiro atoms. The highest BCUT2D eigenvalue weighted by Crippen LogP contribution is 2.31. The molecule has 0 atom stereocenters. The van der Waals surface area contributed by atoms with Crippen LogP contribution in [-0.2, 0) is 6.67 Å². The van der Waals surface area contributed by atoms with Crippen molar-refractivity contribution < 1.29 is 22.3 Å². The molecule has 0 bridgehead atoms. The third-order valence-corrected chi connectivity index (χ3v) is 1.65. The van der Waals surface area contributed by atoms with Crippen molar-refractivity contribution in [3.05, 3.63) is 17.5 Å². The summed E-state index contributed by atoms with van der Waals surface area (Å²) >= 11 is 0. The van der Waals surface area contributed by atoms with E-state index in [2.05, 4.69) is 9.72 Å². The molecule has 0 aliphatic heterocycles. The molecule has 1 rings (SSSR count). The molecule has 0 saturated carbocycles. The molecule has 0 fully saturated rings. The number of aromatic nitrogens is 1. The number of alkyl halides is 4. The summed E-state index contributed by atoms with van der Waals surface area (Å²) in [7, 11) is 0. The lowest BCUT2D eigenvalue weighted by atomic mass is 10.2. The first-order valence-corrected chi connectivity index (χ1v) is 3.88. The van der Waals surface area contributed by atoms with Gasteiger partial charge in [-0.1, -0.05) is 0 Å². The van der Waals surface area contributed by atoms with Gasteiger partial charge in [-0.3, -0.25) is 0 Å². The predicted molar refractivity (Wildman–Crippen MR) is 44.9 cm³/mol. The van der Waals surface area contributed by atoms with E-state index in [9.17, 15) is 17.6 Å². The average Bonchev–Trinajstić information content (AvgIpc) is 2.19. The number of nitrogens with zero attached hydrogens (tertiary/aromatic N) is 2. The SMILES string of the molecule is N#Cc1ncc(OC(F)(F)F)c(N)c1CF. The van der Waals surface area contributed by atoms with Gasteiger partial charge in [-0.25, -0.2) is 9.37 Å². The third kappa shape index (κ3) is 2.50. The highest BCUT2D eigenvalue weighted by molar-refractivity contribution is 5.60. The fourth-order valence-electron chi connectivity index (χ4n) is 0.985. The minimum Gasteiger partial charge on any atom is -0.402 e. The topological polar surface area (TPSA) is 71.9 Å². The number of hydrogen-bond acceptors (Lipinski definition) is 4. The van der Waals surface area contributed by atoms with Crippen LogP contribution in [0.4, 0.5) is 23.2 Å². The first kappa shape index (κ1) is 12.0. The highest BCUT2D eigenvalue weighted by atomic mass is 19.4. The second kappa shape index (κ2) is 4.22. The molecule has 86 valence electrons. The van der Waals surface area contributed by atoms with E-state index in [0.29, 0.717) is 6.20 Å². The molecule has 16 heavy (non-hydrogen) atoms. The van der Waals surface area contributed by atoms with Crippen LogP contribution in [0.5, 0.6) is 5.75 Å².